The van der Waals surface area contributed by atoms with E-state index in [4.69, 9.17) is 0 Å². The molecule has 0 bridgehead atoms. The highest BCUT2D eigenvalue weighted by Gasteiger charge is 2.16. The topological polar surface area (TPSA) is 61.0 Å². The maximum Gasteiger partial charge on any atom is 0.392 e. The molecule has 0 fully saturated rings. The van der Waals surface area contributed by atoms with Crippen molar-refractivity contribution in [2.24, 2.45) is 0 Å². The Morgan fingerprint density at radius 3 is 2.93 bits per heavy atom. The molecular formula is C8H11N3O2S. The molecule has 1 aromatic rings. The third-order valence-corrected chi connectivity index (χ3v) is 2.15. The summed E-state index contributed by atoms with van der Waals surface area (Å²) in [7, 11) is 0. The molecule has 1 aromatic heterocycles. The highest BCUT2D eigenvalue weighted by molar-refractivity contribution is 7.80. The first kappa shape index (κ1) is 10.8. The van der Waals surface area contributed by atoms with Crippen molar-refractivity contribution < 1.29 is 4.92 Å². The van der Waals surface area contributed by atoms with Gasteiger partial charge in [-0.25, -0.2) is 0 Å². The molecule has 76 valence electrons. The van der Waals surface area contributed by atoms with Gasteiger partial charge in [0.15, 0.2) is 0 Å². The highest BCUT2D eigenvalue weighted by Crippen LogP contribution is 2.14. The fourth-order valence-electron chi connectivity index (χ4n) is 1.05. The van der Waals surface area contributed by atoms with Crippen LogP contribution in [0.2, 0.25) is 0 Å². The van der Waals surface area contributed by atoms with Crippen molar-refractivity contribution in [1.82, 2.24) is 9.78 Å². The van der Waals surface area contributed by atoms with Crippen LogP contribution in [0.4, 0.5) is 5.82 Å². The van der Waals surface area contributed by atoms with E-state index in [0.717, 1.165) is 5.57 Å². The van der Waals surface area contributed by atoms with Crippen molar-refractivity contribution in [3.05, 3.63) is 34.0 Å². The zero-order valence-corrected chi connectivity index (χ0v) is 8.70. The lowest BCUT2D eigenvalue weighted by molar-refractivity contribution is -0.390. The molecule has 1 heterocycles. The quantitative estimate of drug-likeness (QED) is 0.357. The largest absolute Gasteiger partial charge is 0.392 e. The molecule has 0 aliphatic heterocycles. The number of thiol groups is 1. The van der Waals surface area contributed by atoms with E-state index in [0.29, 0.717) is 17.9 Å². The van der Waals surface area contributed by atoms with Crippen LogP contribution in [0.5, 0.6) is 0 Å². The average molecular weight is 213 g/mol. The number of aryl methyl sites for hydroxylation is 1. The Balaban J connectivity index is 2.86. The minimum atomic E-state index is -0.491. The van der Waals surface area contributed by atoms with E-state index in [1.165, 1.54) is 4.68 Å². The molecule has 6 heteroatoms. The van der Waals surface area contributed by atoms with Crippen molar-refractivity contribution >= 4 is 18.4 Å². The molecule has 0 amide bonds. The summed E-state index contributed by atoms with van der Waals surface area (Å²) in [5.74, 6) is 0.448. The number of aromatic nitrogens is 2. The lowest BCUT2D eigenvalue weighted by Crippen LogP contribution is -2.02. The molecular weight excluding hydrogens is 202 g/mol. The maximum absolute atomic E-state index is 10.5. The summed E-state index contributed by atoms with van der Waals surface area (Å²) >= 11 is 4.04. The summed E-state index contributed by atoms with van der Waals surface area (Å²) in [4.78, 5) is 9.99. The van der Waals surface area contributed by atoms with Crippen LogP contribution in [-0.4, -0.2) is 20.5 Å². The summed E-state index contributed by atoms with van der Waals surface area (Å²) < 4.78 is 1.51. The predicted octanol–water partition coefficient (Wildman–Crippen LogP) is 1.59. The van der Waals surface area contributed by atoms with Gasteiger partial charge in [-0.05, 0) is 17.4 Å². The van der Waals surface area contributed by atoms with Crippen molar-refractivity contribution in [2.75, 3.05) is 5.75 Å². The van der Waals surface area contributed by atoms with Crippen molar-refractivity contribution in [3.8, 4) is 0 Å². The van der Waals surface area contributed by atoms with E-state index in [-0.39, 0.29) is 5.82 Å². The van der Waals surface area contributed by atoms with E-state index in [1.54, 1.807) is 13.1 Å². The fraction of sp³-hybridized carbons (Fsp3) is 0.375. The summed E-state index contributed by atoms with van der Waals surface area (Å²) in [5, 5.41) is 14.3. The van der Waals surface area contributed by atoms with E-state index in [9.17, 15) is 10.1 Å². The molecule has 0 radical (unpaired) electrons. The molecule has 5 nitrogen and oxygen atoms in total. The zero-order chi connectivity index (χ0) is 10.7. The minimum Gasteiger partial charge on any atom is -0.358 e. The Hall–Kier alpha value is -1.30. The Morgan fingerprint density at radius 1 is 1.86 bits per heavy atom. The second-order valence-electron chi connectivity index (χ2n) is 3.00. The molecule has 0 unspecified atom stereocenters. The second-order valence-corrected chi connectivity index (χ2v) is 3.31. The van der Waals surface area contributed by atoms with Gasteiger partial charge in [0.2, 0.25) is 0 Å². The maximum atomic E-state index is 10.5. The van der Waals surface area contributed by atoms with Crippen LogP contribution in [0.25, 0.3) is 0 Å². The van der Waals surface area contributed by atoms with E-state index in [2.05, 4.69) is 24.3 Å². The third-order valence-electron chi connectivity index (χ3n) is 1.70. The van der Waals surface area contributed by atoms with Crippen molar-refractivity contribution in [3.63, 3.8) is 0 Å². The van der Waals surface area contributed by atoms with Gasteiger partial charge in [-0.1, -0.05) is 6.58 Å². The molecule has 0 aliphatic carbocycles. The first-order chi connectivity index (χ1) is 6.54. The zero-order valence-electron chi connectivity index (χ0n) is 7.80. The van der Waals surface area contributed by atoms with Gasteiger partial charge >= 0.3 is 5.82 Å². The molecule has 0 saturated carbocycles. The van der Waals surface area contributed by atoms with Crippen LogP contribution in [0.15, 0.2) is 18.3 Å². The standard InChI is InChI=1S/C8H11N3O2S/c1-6(5-14)3-10-4-7(2)8(9-10)11(12)13/h4,14H,1,3,5H2,2H3. The summed E-state index contributed by atoms with van der Waals surface area (Å²) in [6.07, 6.45) is 1.63. The first-order valence-corrected chi connectivity index (χ1v) is 4.63. The summed E-state index contributed by atoms with van der Waals surface area (Å²) in [6.45, 7) is 5.87. The van der Waals surface area contributed by atoms with Crippen LogP contribution in [0, 0.1) is 17.0 Å². The van der Waals surface area contributed by atoms with E-state index < -0.39 is 4.92 Å². The molecule has 0 N–H and O–H groups in total. The van der Waals surface area contributed by atoms with Crippen LogP contribution >= 0.6 is 12.6 Å². The van der Waals surface area contributed by atoms with Gasteiger partial charge in [0.1, 0.15) is 0 Å². The molecule has 0 saturated heterocycles. The summed E-state index contributed by atoms with van der Waals surface area (Å²) in [6, 6.07) is 0. The molecule has 0 spiro atoms. The minimum absolute atomic E-state index is 0.100. The lowest BCUT2D eigenvalue weighted by atomic mass is 10.3. The first-order valence-electron chi connectivity index (χ1n) is 4.00. The predicted molar refractivity (Wildman–Crippen MR) is 56.6 cm³/mol. The van der Waals surface area contributed by atoms with Gasteiger partial charge in [0, 0.05) is 5.75 Å². The van der Waals surface area contributed by atoms with Gasteiger partial charge in [0.25, 0.3) is 0 Å². The van der Waals surface area contributed by atoms with Crippen molar-refractivity contribution in [2.45, 2.75) is 13.5 Å². The SMILES string of the molecule is C=C(CS)Cn1cc(C)c([N+](=O)[O-])n1. The number of hydrogen-bond acceptors (Lipinski definition) is 4. The Bertz CT molecular complexity index is 373. The van der Waals surface area contributed by atoms with Gasteiger partial charge in [-0.2, -0.15) is 17.3 Å². The molecule has 0 aromatic carbocycles. The van der Waals surface area contributed by atoms with Crippen molar-refractivity contribution in [1.29, 1.82) is 0 Å². The molecule has 0 atom stereocenters. The number of hydrogen-bond donors (Lipinski definition) is 1. The van der Waals surface area contributed by atoms with Crippen LogP contribution in [0.3, 0.4) is 0 Å². The second kappa shape index (κ2) is 4.28. The smallest absolute Gasteiger partial charge is 0.358 e. The lowest BCUT2D eigenvalue weighted by Gasteiger charge is -1.96. The third kappa shape index (κ3) is 2.35. The molecule has 14 heavy (non-hydrogen) atoms. The van der Waals surface area contributed by atoms with Gasteiger partial charge < -0.3 is 10.1 Å². The summed E-state index contributed by atoms with van der Waals surface area (Å²) in [5.41, 5.74) is 1.42. The average Bonchev–Trinajstić information content (AvgIpc) is 2.46. The fourth-order valence-corrected chi connectivity index (χ4v) is 1.15. The normalized spacial score (nSPS) is 10.1. The number of nitro groups is 1. The van der Waals surface area contributed by atoms with E-state index >= 15 is 0 Å². The number of rotatable bonds is 4. The van der Waals surface area contributed by atoms with Gasteiger partial charge in [-0.15, -0.1) is 0 Å². The van der Waals surface area contributed by atoms with Crippen LogP contribution in [0.1, 0.15) is 5.56 Å². The monoisotopic (exact) mass is 213 g/mol. The Kier molecular flexibility index (Phi) is 3.29. The van der Waals surface area contributed by atoms with Crippen LogP contribution in [-0.2, 0) is 6.54 Å². The van der Waals surface area contributed by atoms with E-state index in [1.807, 2.05) is 0 Å². The van der Waals surface area contributed by atoms with Gasteiger partial charge in [0.05, 0.1) is 23.4 Å². The van der Waals surface area contributed by atoms with Crippen LogP contribution < -0.4 is 0 Å². The molecule has 0 aliphatic rings. The number of nitrogens with zero attached hydrogens (tertiary/aromatic N) is 3. The molecule has 1 rings (SSSR count). The van der Waals surface area contributed by atoms with Gasteiger partial charge in [-0.3, -0.25) is 0 Å². The highest BCUT2D eigenvalue weighted by atomic mass is 32.1. The Labute approximate surface area is 87.0 Å². The Morgan fingerprint density at radius 2 is 2.50 bits per heavy atom.